The molecule has 8 atom stereocenters. The van der Waals surface area contributed by atoms with E-state index in [0.29, 0.717) is 24.0 Å². The Balaban J connectivity index is 1.38. The molecule has 0 unspecified atom stereocenters. The van der Waals surface area contributed by atoms with Crippen molar-refractivity contribution in [2.75, 3.05) is 6.61 Å². The lowest BCUT2D eigenvalue weighted by Crippen LogP contribution is -2.66. The SMILES string of the molecule is CC/C=C\C/C=C\C/C=C\C/C=C\C/C=C\C/C=C\CCC(=O)O[C@@H]1[C@@H](C)[C@@]2(O)[C@@H](C=C(CO)C[C@]3(O)C(=O)C(C)=C[C@@H]23)[C@@H]2C(C)(C)[C@]12OC(=O)CCC. The Hall–Kier alpha value is -3.59. The van der Waals surface area contributed by atoms with Crippen LogP contribution in [0.4, 0.5) is 0 Å². The van der Waals surface area contributed by atoms with E-state index < -0.39 is 76.3 Å². The van der Waals surface area contributed by atoms with Crippen molar-refractivity contribution in [2.24, 2.45) is 29.1 Å². The van der Waals surface area contributed by atoms with Gasteiger partial charge in [0.25, 0.3) is 0 Å². The van der Waals surface area contributed by atoms with Crippen molar-refractivity contribution >= 4 is 17.7 Å². The largest absolute Gasteiger partial charge is 0.458 e. The van der Waals surface area contributed by atoms with Gasteiger partial charge in [-0.2, -0.15) is 0 Å². The molecule has 4 aliphatic rings. The molecule has 8 heteroatoms. The highest BCUT2D eigenvalue weighted by Gasteiger charge is 2.87. The lowest BCUT2D eigenvalue weighted by molar-refractivity contribution is -0.229. The highest BCUT2D eigenvalue weighted by Crippen LogP contribution is 2.77. The Morgan fingerprint density at radius 1 is 0.815 bits per heavy atom. The van der Waals surface area contributed by atoms with Crippen molar-refractivity contribution in [2.45, 2.75) is 135 Å². The van der Waals surface area contributed by atoms with Gasteiger partial charge < -0.3 is 24.8 Å². The maximum atomic E-state index is 13.5. The maximum absolute atomic E-state index is 13.5. The van der Waals surface area contributed by atoms with Gasteiger partial charge in [-0.1, -0.05) is 120 Å². The Labute approximate surface area is 323 Å². The molecule has 4 rings (SSSR count). The maximum Gasteiger partial charge on any atom is 0.306 e. The molecule has 0 aromatic heterocycles. The van der Waals surface area contributed by atoms with Gasteiger partial charge in [-0.3, -0.25) is 14.4 Å². The number of aliphatic hydroxyl groups is 3. The molecule has 8 nitrogen and oxygen atoms in total. The molecule has 0 spiro atoms. The van der Waals surface area contributed by atoms with Crippen LogP contribution in [0.3, 0.4) is 0 Å². The summed E-state index contributed by atoms with van der Waals surface area (Å²) in [4.78, 5) is 40.1. The summed E-state index contributed by atoms with van der Waals surface area (Å²) in [6.45, 7) is 10.9. The second-order valence-corrected chi connectivity index (χ2v) is 16.0. The molecule has 0 aromatic carbocycles. The summed E-state index contributed by atoms with van der Waals surface area (Å²) in [6, 6.07) is 0. The third-order valence-electron chi connectivity index (χ3n) is 12.1. The van der Waals surface area contributed by atoms with Crippen LogP contribution < -0.4 is 0 Å². The number of esters is 2. The molecule has 0 aromatic rings. The lowest BCUT2D eigenvalue weighted by atomic mass is 9.59. The van der Waals surface area contributed by atoms with E-state index in [0.717, 1.165) is 38.5 Å². The Kier molecular flexibility index (Phi) is 15.0. The van der Waals surface area contributed by atoms with Crippen LogP contribution in [-0.4, -0.2) is 62.6 Å². The molecule has 0 heterocycles. The van der Waals surface area contributed by atoms with E-state index >= 15 is 0 Å². The van der Waals surface area contributed by atoms with Crippen LogP contribution in [0.1, 0.15) is 112 Å². The minimum atomic E-state index is -1.96. The molecule has 2 saturated carbocycles. The van der Waals surface area contributed by atoms with Gasteiger partial charge in [-0.25, -0.2) is 0 Å². The molecule has 0 saturated heterocycles. The van der Waals surface area contributed by atoms with Crippen molar-refractivity contribution in [3.63, 3.8) is 0 Å². The van der Waals surface area contributed by atoms with Crippen molar-refractivity contribution < 1.29 is 39.2 Å². The van der Waals surface area contributed by atoms with Crippen molar-refractivity contribution in [3.05, 3.63) is 96.2 Å². The fourth-order valence-electron chi connectivity index (χ4n) is 9.31. The van der Waals surface area contributed by atoms with Gasteiger partial charge in [-0.15, -0.1) is 0 Å². The molecule has 0 aliphatic heterocycles. The van der Waals surface area contributed by atoms with E-state index in [-0.39, 0.29) is 19.3 Å². The first-order valence-electron chi connectivity index (χ1n) is 20.1. The van der Waals surface area contributed by atoms with Gasteiger partial charge in [-0.05, 0) is 69.4 Å². The predicted octanol–water partition coefficient (Wildman–Crippen LogP) is 8.31. The topological polar surface area (TPSA) is 130 Å². The summed E-state index contributed by atoms with van der Waals surface area (Å²) in [6.07, 6.45) is 34.6. The number of hydrogen-bond acceptors (Lipinski definition) is 8. The molecule has 0 radical (unpaired) electrons. The average molecular weight is 745 g/mol. The highest BCUT2D eigenvalue weighted by molar-refractivity contribution is 6.04. The number of carbonyl (C=O) groups is 3. The van der Waals surface area contributed by atoms with Crippen LogP contribution in [0.15, 0.2) is 96.2 Å². The van der Waals surface area contributed by atoms with Crippen LogP contribution in [0, 0.1) is 29.1 Å². The monoisotopic (exact) mass is 744 g/mol. The second-order valence-electron chi connectivity index (χ2n) is 16.0. The minimum Gasteiger partial charge on any atom is -0.458 e. The molecular formula is C46H64O8. The Morgan fingerprint density at radius 2 is 1.35 bits per heavy atom. The number of ketones is 1. The molecule has 296 valence electrons. The van der Waals surface area contributed by atoms with E-state index in [1.54, 1.807) is 26.0 Å². The predicted molar refractivity (Wildman–Crippen MR) is 213 cm³/mol. The summed E-state index contributed by atoms with van der Waals surface area (Å²) < 4.78 is 12.6. The quantitative estimate of drug-likeness (QED) is 0.0890. The first kappa shape index (κ1) is 43.1. The molecule has 54 heavy (non-hydrogen) atoms. The normalized spacial score (nSPS) is 33.1. The molecule has 0 bridgehead atoms. The van der Waals surface area contributed by atoms with E-state index in [1.165, 1.54) is 0 Å². The van der Waals surface area contributed by atoms with Gasteiger partial charge in [0.15, 0.2) is 11.4 Å². The zero-order valence-corrected chi connectivity index (χ0v) is 33.3. The molecule has 4 aliphatic carbocycles. The summed E-state index contributed by atoms with van der Waals surface area (Å²) >= 11 is 0. The van der Waals surface area contributed by atoms with Crippen LogP contribution in [0.25, 0.3) is 0 Å². The third-order valence-corrected chi connectivity index (χ3v) is 12.1. The summed E-state index contributed by atoms with van der Waals surface area (Å²) in [5, 5.41) is 35.1. The zero-order chi connectivity index (χ0) is 39.6. The summed E-state index contributed by atoms with van der Waals surface area (Å²) in [5.74, 6) is -4.43. The first-order chi connectivity index (χ1) is 25.8. The number of aliphatic hydroxyl groups excluding tert-OH is 1. The number of Topliss-reactive ketones (excluding diaryl/α,β-unsaturated/α-hetero) is 1. The number of hydrogen-bond donors (Lipinski definition) is 3. The van der Waals surface area contributed by atoms with Gasteiger partial charge in [0.05, 0.1) is 12.2 Å². The third kappa shape index (κ3) is 8.77. The van der Waals surface area contributed by atoms with E-state index in [4.69, 9.17) is 9.47 Å². The Morgan fingerprint density at radius 3 is 1.87 bits per heavy atom. The standard InChI is InChI=1S/C46H64O8/c1-7-9-10-11-12-13-14-15-16-17-18-19-20-21-22-23-24-25-26-28-38(48)53-42-34(4)45(52)36(40-43(5,6)46(40,42)54-39(49)27-8-2)30-35(32-47)31-44(51)37(45)29-33(3)41(44)50/h9-10,12-13,15-16,18-19,21-22,24-25,29-30,34,36-37,40,42,47,51-52H,7-8,11,14,17,20,23,26-28,31-32H2,1-6H3/b10-9-,13-12-,16-15-,19-18-,22-21-,25-24-/t34-,36+,37-,40-,42-,44-,45-,46-/m1/s1. The van der Waals surface area contributed by atoms with Crippen molar-refractivity contribution in [1.29, 1.82) is 0 Å². The smallest absolute Gasteiger partial charge is 0.306 e. The molecular weight excluding hydrogens is 680 g/mol. The molecule has 0 amide bonds. The minimum absolute atomic E-state index is 0.0940. The van der Waals surface area contributed by atoms with Crippen molar-refractivity contribution in [1.82, 2.24) is 0 Å². The molecule has 2 fully saturated rings. The van der Waals surface area contributed by atoms with Gasteiger partial charge in [0.2, 0.25) is 0 Å². The highest BCUT2D eigenvalue weighted by atomic mass is 16.6. The first-order valence-corrected chi connectivity index (χ1v) is 20.1. The van der Waals surface area contributed by atoms with E-state index in [9.17, 15) is 29.7 Å². The van der Waals surface area contributed by atoms with Crippen molar-refractivity contribution in [3.8, 4) is 0 Å². The van der Waals surface area contributed by atoms with E-state index in [1.807, 2.05) is 32.9 Å². The lowest BCUT2D eigenvalue weighted by Gasteiger charge is -2.53. The van der Waals surface area contributed by atoms with E-state index in [2.05, 4.69) is 67.7 Å². The number of allylic oxidation sites excluding steroid dienone is 12. The van der Waals surface area contributed by atoms with Gasteiger partial charge in [0, 0.05) is 48.3 Å². The fraction of sp³-hybridized carbons (Fsp3) is 0.587. The van der Waals surface area contributed by atoms with Crippen LogP contribution in [0.5, 0.6) is 0 Å². The Bertz CT molecular complexity index is 1590. The number of ether oxygens (including phenoxy) is 2. The summed E-state index contributed by atoms with van der Waals surface area (Å²) in [7, 11) is 0. The van der Waals surface area contributed by atoms with Gasteiger partial charge in [0.1, 0.15) is 11.7 Å². The molecule has 3 N–H and O–H groups in total. The fourth-order valence-corrected chi connectivity index (χ4v) is 9.31. The van der Waals surface area contributed by atoms with Crippen LogP contribution >= 0.6 is 0 Å². The summed E-state index contributed by atoms with van der Waals surface area (Å²) in [5.41, 5.74) is -4.89. The zero-order valence-electron chi connectivity index (χ0n) is 33.3. The van der Waals surface area contributed by atoms with Crippen LogP contribution in [0.2, 0.25) is 0 Å². The number of fused-ring (bicyclic) bond motifs is 5. The van der Waals surface area contributed by atoms with Crippen LogP contribution in [-0.2, 0) is 23.9 Å². The second kappa shape index (κ2) is 18.8. The number of rotatable bonds is 19. The number of carbonyl (C=O) groups excluding carboxylic acids is 3. The van der Waals surface area contributed by atoms with Gasteiger partial charge >= 0.3 is 11.9 Å². The average Bonchev–Trinajstić information content (AvgIpc) is 3.56.